The molecule has 0 aliphatic rings. The summed E-state index contributed by atoms with van der Waals surface area (Å²) in [6.07, 6.45) is -3.86. The molecule has 11 heteroatoms. The molecule has 0 aliphatic heterocycles. The third-order valence-electron chi connectivity index (χ3n) is 4.70. The van der Waals surface area contributed by atoms with E-state index in [1.807, 2.05) is 27.7 Å². The van der Waals surface area contributed by atoms with Gasteiger partial charge >= 0.3 is 12.3 Å². The van der Waals surface area contributed by atoms with E-state index in [9.17, 15) is 27.1 Å². The number of pyridine rings is 1. The number of nitrogens with two attached hydrogens (primary N) is 1. The Bertz CT molecular complexity index is 1090. The van der Waals surface area contributed by atoms with Crippen LogP contribution in [0.15, 0.2) is 60.8 Å². The summed E-state index contributed by atoms with van der Waals surface area (Å²) in [7, 11) is 0. The number of alkyl halides is 5. The van der Waals surface area contributed by atoms with E-state index >= 15 is 8.78 Å². The van der Waals surface area contributed by atoms with E-state index in [1.165, 1.54) is 18.2 Å². The summed E-state index contributed by atoms with van der Waals surface area (Å²) < 4.78 is 98.0. The van der Waals surface area contributed by atoms with Gasteiger partial charge < -0.3 is 15.6 Å². The van der Waals surface area contributed by atoms with Crippen LogP contribution < -0.4 is 10.5 Å². The molecule has 198 valence electrons. The predicted molar refractivity (Wildman–Crippen MR) is 122 cm³/mol. The van der Waals surface area contributed by atoms with E-state index in [-0.39, 0.29) is 5.56 Å². The van der Waals surface area contributed by atoms with Gasteiger partial charge in [0.2, 0.25) is 0 Å². The van der Waals surface area contributed by atoms with Crippen LogP contribution in [-0.2, 0) is 11.5 Å². The van der Waals surface area contributed by atoms with Crippen LogP contribution in [0.3, 0.4) is 0 Å². The molecule has 3 N–H and O–H groups in total. The fraction of sp³-hybridized carbons (Fsp3) is 0.320. The van der Waals surface area contributed by atoms with Crippen molar-refractivity contribution < 1.29 is 40.6 Å². The maximum absolute atomic E-state index is 15.1. The van der Waals surface area contributed by atoms with Crippen LogP contribution in [0.1, 0.15) is 39.0 Å². The highest BCUT2D eigenvalue weighted by molar-refractivity contribution is 5.63. The summed E-state index contributed by atoms with van der Waals surface area (Å²) in [6.45, 7) is 6.90. The summed E-state index contributed by atoms with van der Waals surface area (Å²) in [5.74, 6) is -7.08. The monoisotopic (exact) mass is 520 g/mol. The zero-order valence-corrected chi connectivity index (χ0v) is 20.0. The lowest BCUT2D eigenvalue weighted by atomic mass is 9.84. The van der Waals surface area contributed by atoms with Crippen LogP contribution in [0.2, 0.25) is 0 Å². The molecule has 1 atom stereocenters. The number of benzene rings is 2. The zero-order chi connectivity index (χ0) is 27.7. The van der Waals surface area contributed by atoms with E-state index in [1.54, 1.807) is 0 Å². The molecule has 0 fully saturated rings. The van der Waals surface area contributed by atoms with Crippen LogP contribution in [-0.4, -0.2) is 23.0 Å². The first kappa shape index (κ1) is 30.9. The highest BCUT2D eigenvalue weighted by atomic mass is 19.4. The second-order valence-corrected chi connectivity index (χ2v) is 6.77. The SMILES string of the molecule is CC.CC.NCC(O)(c1ccc(F)cc1F)C(F)(F)c1ccc(-c2ccc(OC(F)(F)F)cc2)cn1. The van der Waals surface area contributed by atoms with Gasteiger partial charge in [-0.3, -0.25) is 4.98 Å². The minimum absolute atomic E-state index is 0.271. The van der Waals surface area contributed by atoms with Crippen molar-refractivity contribution in [3.63, 3.8) is 0 Å². The highest BCUT2D eigenvalue weighted by Gasteiger charge is 2.56. The number of rotatable bonds is 6. The average Bonchev–Trinajstić information content (AvgIpc) is 2.85. The second-order valence-electron chi connectivity index (χ2n) is 6.77. The van der Waals surface area contributed by atoms with Crippen molar-refractivity contribution in [2.24, 2.45) is 5.73 Å². The number of hydrogen-bond donors (Lipinski definition) is 2. The van der Waals surface area contributed by atoms with Crippen LogP contribution in [0.4, 0.5) is 30.7 Å². The van der Waals surface area contributed by atoms with Crippen molar-refractivity contribution in [1.82, 2.24) is 4.98 Å². The molecule has 2 aromatic carbocycles. The van der Waals surface area contributed by atoms with E-state index in [0.29, 0.717) is 23.8 Å². The molecule has 36 heavy (non-hydrogen) atoms. The quantitative estimate of drug-likeness (QED) is 0.347. The summed E-state index contributed by atoms with van der Waals surface area (Å²) >= 11 is 0. The Morgan fingerprint density at radius 3 is 1.83 bits per heavy atom. The van der Waals surface area contributed by atoms with Gasteiger partial charge in [0.15, 0.2) is 5.60 Å². The van der Waals surface area contributed by atoms with Crippen LogP contribution in [0.25, 0.3) is 11.1 Å². The van der Waals surface area contributed by atoms with Crippen molar-refractivity contribution in [3.05, 3.63) is 83.7 Å². The first-order chi connectivity index (χ1) is 16.9. The van der Waals surface area contributed by atoms with Crippen molar-refractivity contribution in [3.8, 4) is 16.9 Å². The molecule has 1 aromatic heterocycles. The van der Waals surface area contributed by atoms with Crippen molar-refractivity contribution in [2.45, 2.75) is 45.6 Å². The molecule has 0 amide bonds. The van der Waals surface area contributed by atoms with Gasteiger partial charge in [-0.25, -0.2) is 8.78 Å². The van der Waals surface area contributed by atoms with Crippen LogP contribution in [0, 0.1) is 11.6 Å². The normalized spacial score (nSPS) is 12.9. The molecular formula is C25H27F7N2O2. The Kier molecular flexibility index (Phi) is 10.9. The Hall–Kier alpha value is -3.18. The minimum atomic E-state index is -4.86. The molecule has 0 radical (unpaired) electrons. The van der Waals surface area contributed by atoms with Gasteiger partial charge in [0.25, 0.3) is 0 Å². The largest absolute Gasteiger partial charge is 0.573 e. The predicted octanol–water partition coefficient (Wildman–Crippen LogP) is 6.92. The first-order valence-electron chi connectivity index (χ1n) is 11.0. The Balaban J connectivity index is 0.00000154. The minimum Gasteiger partial charge on any atom is -0.406 e. The molecule has 4 nitrogen and oxygen atoms in total. The van der Waals surface area contributed by atoms with Gasteiger partial charge in [0.05, 0.1) is 0 Å². The van der Waals surface area contributed by atoms with E-state index in [0.717, 1.165) is 24.4 Å². The third-order valence-corrected chi connectivity index (χ3v) is 4.70. The molecule has 0 aliphatic carbocycles. The Labute approximate surface area is 204 Å². The number of halogens is 7. The van der Waals surface area contributed by atoms with Crippen molar-refractivity contribution >= 4 is 0 Å². The van der Waals surface area contributed by atoms with Gasteiger partial charge in [-0.05, 0) is 29.8 Å². The van der Waals surface area contributed by atoms with Crippen molar-refractivity contribution in [2.75, 3.05) is 6.54 Å². The molecule has 3 rings (SSSR count). The number of aliphatic hydroxyl groups is 1. The molecule has 0 bridgehead atoms. The molecule has 0 saturated carbocycles. The Morgan fingerprint density at radius 2 is 1.39 bits per heavy atom. The average molecular weight is 520 g/mol. The first-order valence-corrected chi connectivity index (χ1v) is 11.0. The van der Waals surface area contributed by atoms with E-state index in [4.69, 9.17) is 5.73 Å². The van der Waals surface area contributed by atoms with Gasteiger partial charge in [0, 0.05) is 29.9 Å². The van der Waals surface area contributed by atoms with Crippen molar-refractivity contribution in [1.29, 1.82) is 0 Å². The van der Waals surface area contributed by atoms with Gasteiger partial charge in [0.1, 0.15) is 23.1 Å². The van der Waals surface area contributed by atoms with E-state index < -0.39 is 53.1 Å². The third kappa shape index (κ3) is 6.94. The maximum Gasteiger partial charge on any atom is 0.573 e. The molecule has 0 spiro atoms. The summed E-state index contributed by atoms with van der Waals surface area (Å²) in [5.41, 5.74) is 0.876. The smallest absolute Gasteiger partial charge is 0.406 e. The molecule has 1 unspecified atom stereocenters. The summed E-state index contributed by atoms with van der Waals surface area (Å²) in [4.78, 5) is 3.62. The molecular weight excluding hydrogens is 493 g/mol. The number of nitrogens with zero attached hydrogens (tertiary/aromatic N) is 1. The topological polar surface area (TPSA) is 68.4 Å². The second kappa shape index (κ2) is 12.7. The lowest BCUT2D eigenvalue weighted by Crippen LogP contribution is -2.50. The maximum atomic E-state index is 15.1. The lowest BCUT2D eigenvalue weighted by molar-refractivity contribution is -0.274. The molecule has 0 saturated heterocycles. The summed E-state index contributed by atoms with van der Waals surface area (Å²) in [5, 5.41) is 10.6. The number of aromatic nitrogens is 1. The van der Waals surface area contributed by atoms with Gasteiger partial charge in [-0.15, -0.1) is 13.2 Å². The standard InChI is InChI=1S/C21H15F7N2O2.2C2H6/c22-14-4-7-16(17(23)9-14)19(31,11-29)20(24,25)18-8-3-13(10-30-18)12-1-5-15(6-2-12)32-21(26,27)28;2*1-2/h1-10,31H,11,29H2;2*1-2H3. The number of ether oxygens (including phenoxy) is 1. The molecule has 3 aromatic rings. The fourth-order valence-electron chi connectivity index (χ4n) is 3.04. The van der Waals surface area contributed by atoms with Gasteiger partial charge in [-0.1, -0.05) is 52.0 Å². The highest BCUT2D eigenvalue weighted by Crippen LogP contribution is 2.45. The van der Waals surface area contributed by atoms with E-state index in [2.05, 4.69) is 9.72 Å². The Morgan fingerprint density at radius 1 is 0.833 bits per heavy atom. The fourth-order valence-corrected chi connectivity index (χ4v) is 3.04. The lowest BCUT2D eigenvalue weighted by Gasteiger charge is -2.35. The zero-order valence-electron chi connectivity index (χ0n) is 20.0. The van der Waals surface area contributed by atoms with Crippen LogP contribution >= 0.6 is 0 Å². The number of hydrogen-bond acceptors (Lipinski definition) is 4. The summed E-state index contributed by atoms with van der Waals surface area (Å²) in [6, 6.07) is 8.37. The molecule has 1 heterocycles. The van der Waals surface area contributed by atoms with Crippen LogP contribution in [0.5, 0.6) is 5.75 Å². The van der Waals surface area contributed by atoms with Gasteiger partial charge in [-0.2, -0.15) is 8.78 Å².